The Kier molecular flexibility index (Phi) is 6.02. The fourth-order valence-electron chi connectivity index (χ4n) is 1.73. The number of amides is 2. The zero-order valence-electron chi connectivity index (χ0n) is 11.4. The van der Waals surface area contributed by atoms with Gasteiger partial charge in [-0.25, -0.2) is 0 Å². The quantitative estimate of drug-likeness (QED) is 0.810. The molecule has 0 heterocycles. The molecule has 19 heavy (non-hydrogen) atoms. The number of nitrogens with two attached hydrogens (primary N) is 1. The number of hydrogen-bond acceptors (Lipinski definition) is 3. The van der Waals surface area contributed by atoms with Gasteiger partial charge in [-0.05, 0) is 18.6 Å². The van der Waals surface area contributed by atoms with Crippen molar-refractivity contribution in [2.24, 2.45) is 5.73 Å². The van der Waals surface area contributed by atoms with Crippen LogP contribution in [0.25, 0.3) is 0 Å². The van der Waals surface area contributed by atoms with E-state index in [4.69, 9.17) is 5.73 Å². The van der Waals surface area contributed by atoms with Gasteiger partial charge in [-0.1, -0.05) is 31.5 Å². The van der Waals surface area contributed by atoms with E-state index in [1.807, 2.05) is 25.1 Å². The van der Waals surface area contributed by atoms with Crippen molar-refractivity contribution in [3.8, 4) is 0 Å². The molecule has 0 bridgehead atoms. The summed E-state index contributed by atoms with van der Waals surface area (Å²) in [5, 5.41) is 2.72. The van der Waals surface area contributed by atoms with Gasteiger partial charge in [0.05, 0.1) is 12.6 Å². The number of likely N-dealkylation sites (N-methyl/N-ethyl adjacent to an activating group) is 1. The molecule has 1 aromatic carbocycles. The molecule has 104 valence electrons. The summed E-state index contributed by atoms with van der Waals surface area (Å²) < 4.78 is 0. The van der Waals surface area contributed by atoms with E-state index in [1.165, 1.54) is 4.90 Å². The van der Waals surface area contributed by atoms with Crippen molar-refractivity contribution in [1.29, 1.82) is 0 Å². The molecule has 1 atom stereocenters. The molecule has 5 nitrogen and oxygen atoms in total. The van der Waals surface area contributed by atoms with Crippen LogP contribution in [0.2, 0.25) is 0 Å². The van der Waals surface area contributed by atoms with E-state index in [-0.39, 0.29) is 18.4 Å². The fourth-order valence-corrected chi connectivity index (χ4v) is 1.73. The van der Waals surface area contributed by atoms with E-state index in [0.29, 0.717) is 12.1 Å². The lowest BCUT2D eigenvalue weighted by molar-refractivity contribution is -0.134. The molecule has 0 aliphatic carbocycles. The highest BCUT2D eigenvalue weighted by molar-refractivity contribution is 5.95. The number of hydrogen-bond donors (Lipinski definition) is 2. The minimum atomic E-state index is -0.528. The Labute approximate surface area is 113 Å². The monoisotopic (exact) mass is 263 g/mol. The summed E-state index contributed by atoms with van der Waals surface area (Å²) in [6.07, 6.45) is 1.47. The third kappa shape index (κ3) is 5.09. The first-order chi connectivity index (χ1) is 9.04. The Morgan fingerprint density at radius 3 is 2.53 bits per heavy atom. The molecule has 0 aromatic heterocycles. The van der Waals surface area contributed by atoms with Crippen LogP contribution in [0.1, 0.15) is 19.8 Å². The van der Waals surface area contributed by atoms with Gasteiger partial charge in [0.1, 0.15) is 0 Å². The third-order valence-corrected chi connectivity index (χ3v) is 2.73. The number of anilines is 1. The summed E-state index contributed by atoms with van der Waals surface area (Å²) in [7, 11) is 1.59. The highest BCUT2D eigenvalue weighted by Gasteiger charge is 2.19. The number of rotatable bonds is 6. The van der Waals surface area contributed by atoms with Crippen molar-refractivity contribution in [2.75, 3.05) is 18.9 Å². The van der Waals surface area contributed by atoms with E-state index >= 15 is 0 Å². The molecule has 0 aliphatic rings. The molecule has 1 aromatic rings. The molecule has 1 rings (SSSR count). The number of benzene rings is 1. The number of para-hydroxylation sites is 1. The molecule has 0 radical (unpaired) electrons. The summed E-state index contributed by atoms with van der Waals surface area (Å²) in [5.41, 5.74) is 6.45. The summed E-state index contributed by atoms with van der Waals surface area (Å²) in [5.74, 6) is -0.434. The number of carbonyl (C=O) groups is 2. The number of nitrogens with zero attached hydrogens (tertiary/aromatic N) is 1. The van der Waals surface area contributed by atoms with E-state index in [9.17, 15) is 9.59 Å². The SMILES string of the molecule is CCC[C@H](N)C(=O)N(C)CC(=O)Nc1ccccc1. The van der Waals surface area contributed by atoms with Gasteiger partial charge < -0.3 is 16.0 Å². The normalized spacial score (nSPS) is 11.7. The largest absolute Gasteiger partial charge is 0.335 e. The predicted molar refractivity (Wildman–Crippen MR) is 75.6 cm³/mol. The predicted octanol–water partition coefficient (Wildman–Crippen LogP) is 1.21. The van der Waals surface area contributed by atoms with E-state index in [0.717, 1.165) is 6.42 Å². The average Bonchev–Trinajstić information content (AvgIpc) is 2.39. The molecule has 5 heteroatoms. The van der Waals surface area contributed by atoms with Crippen LogP contribution < -0.4 is 11.1 Å². The lowest BCUT2D eigenvalue weighted by Crippen LogP contribution is -2.44. The number of carbonyl (C=O) groups excluding carboxylic acids is 2. The highest BCUT2D eigenvalue weighted by Crippen LogP contribution is 2.05. The molecule has 0 saturated carbocycles. The molecule has 0 fully saturated rings. The van der Waals surface area contributed by atoms with E-state index in [1.54, 1.807) is 19.2 Å². The molecular weight excluding hydrogens is 242 g/mol. The van der Waals surface area contributed by atoms with Crippen LogP contribution in [0.5, 0.6) is 0 Å². The summed E-state index contributed by atoms with van der Waals surface area (Å²) in [6.45, 7) is 1.97. The van der Waals surface area contributed by atoms with Crippen LogP contribution >= 0.6 is 0 Å². The van der Waals surface area contributed by atoms with Gasteiger partial charge in [0.25, 0.3) is 0 Å². The Morgan fingerprint density at radius 2 is 1.95 bits per heavy atom. The average molecular weight is 263 g/mol. The van der Waals surface area contributed by atoms with Crippen molar-refractivity contribution in [3.05, 3.63) is 30.3 Å². The smallest absolute Gasteiger partial charge is 0.243 e. The van der Waals surface area contributed by atoms with E-state index in [2.05, 4.69) is 5.32 Å². The van der Waals surface area contributed by atoms with Gasteiger partial charge in [-0.2, -0.15) is 0 Å². The maximum absolute atomic E-state index is 11.8. The van der Waals surface area contributed by atoms with Crippen molar-refractivity contribution in [3.63, 3.8) is 0 Å². The van der Waals surface area contributed by atoms with Crippen LogP contribution in [-0.2, 0) is 9.59 Å². The second-order valence-corrected chi connectivity index (χ2v) is 4.50. The first-order valence-corrected chi connectivity index (χ1v) is 6.40. The lowest BCUT2D eigenvalue weighted by atomic mass is 10.1. The molecule has 0 aliphatic heterocycles. The second-order valence-electron chi connectivity index (χ2n) is 4.50. The van der Waals surface area contributed by atoms with Crippen molar-refractivity contribution in [2.45, 2.75) is 25.8 Å². The third-order valence-electron chi connectivity index (χ3n) is 2.73. The van der Waals surface area contributed by atoms with E-state index < -0.39 is 6.04 Å². The van der Waals surface area contributed by atoms with Crippen LogP contribution in [-0.4, -0.2) is 36.3 Å². The van der Waals surface area contributed by atoms with Crippen molar-refractivity contribution in [1.82, 2.24) is 4.90 Å². The van der Waals surface area contributed by atoms with Crippen molar-refractivity contribution >= 4 is 17.5 Å². The minimum Gasteiger partial charge on any atom is -0.335 e. The van der Waals surface area contributed by atoms with Gasteiger partial charge in [0, 0.05) is 12.7 Å². The lowest BCUT2D eigenvalue weighted by Gasteiger charge is -2.20. The van der Waals surface area contributed by atoms with Crippen LogP contribution in [0, 0.1) is 0 Å². The summed E-state index contributed by atoms with van der Waals surface area (Å²) in [6, 6.07) is 8.60. The minimum absolute atomic E-state index is 0.00510. The zero-order chi connectivity index (χ0) is 14.3. The molecule has 2 amide bonds. The van der Waals surface area contributed by atoms with Gasteiger partial charge in [0.15, 0.2) is 0 Å². The topological polar surface area (TPSA) is 75.4 Å². The van der Waals surface area contributed by atoms with Crippen LogP contribution in [0.15, 0.2) is 30.3 Å². The van der Waals surface area contributed by atoms with Crippen LogP contribution in [0.3, 0.4) is 0 Å². The first-order valence-electron chi connectivity index (χ1n) is 6.40. The zero-order valence-corrected chi connectivity index (χ0v) is 11.4. The Balaban J connectivity index is 2.46. The van der Waals surface area contributed by atoms with Crippen molar-refractivity contribution < 1.29 is 9.59 Å². The fraction of sp³-hybridized carbons (Fsp3) is 0.429. The summed E-state index contributed by atoms with van der Waals surface area (Å²) >= 11 is 0. The van der Waals surface area contributed by atoms with Gasteiger partial charge in [-0.3, -0.25) is 9.59 Å². The summed E-state index contributed by atoms with van der Waals surface area (Å²) in [4.78, 5) is 25.0. The molecular formula is C14H21N3O2. The maximum Gasteiger partial charge on any atom is 0.243 e. The van der Waals surface area contributed by atoms with Crippen LogP contribution in [0.4, 0.5) is 5.69 Å². The first kappa shape index (κ1) is 15.2. The molecule has 0 unspecified atom stereocenters. The molecule has 0 spiro atoms. The Hall–Kier alpha value is -1.88. The standard InChI is InChI=1S/C14H21N3O2/c1-3-7-12(15)14(19)17(2)10-13(18)16-11-8-5-4-6-9-11/h4-6,8-9,12H,3,7,10,15H2,1-2H3,(H,16,18)/t12-/m0/s1. The molecule has 3 N–H and O–H groups in total. The maximum atomic E-state index is 11.8. The number of nitrogens with one attached hydrogen (secondary N) is 1. The van der Waals surface area contributed by atoms with Gasteiger partial charge in [0.2, 0.25) is 11.8 Å². The molecule has 0 saturated heterocycles. The Morgan fingerprint density at radius 1 is 1.32 bits per heavy atom. The second kappa shape index (κ2) is 7.53. The van der Waals surface area contributed by atoms with Gasteiger partial charge in [-0.15, -0.1) is 0 Å². The van der Waals surface area contributed by atoms with Gasteiger partial charge >= 0.3 is 0 Å². The Bertz CT molecular complexity index is 420. The highest BCUT2D eigenvalue weighted by atomic mass is 16.2.